The number of ether oxygens (including phenoxy) is 2. The molecule has 12 heteroatoms. The first-order valence-electron chi connectivity index (χ1n) is 8.25. The maximum Gasteiger partial charge on any atom is 0.393 e. The van der Waals surface area contributed by atoms with Crippen molar-refractivity contribution in [2.75, 3.05) is 26.3 Å². The smallest absolute Gasteiger partial charge is 0.393 e. The standard InChI is InChI=1S/C15H17F3N2O6S/c16-15(17,18)10-3-1-4-19(9-10)27(23,24)14-8-13-12(7-11(14)20(21)22)25-5-2-6-26-13/h7-8,10H,1-6,9H2/t10-/m0/s1. The van der Waals surface area contributed by atoms with E-state index in [1.165, 1.54) is 0 Å². The van der Waals surface area contributed by atoms with E-state index in [4.69, 9.17) is 9.47 Å². The van der Waals surface area contributed by atoms with E-state index in [1.807, 2.05) is 0 Å². The number of hydrogen-bond acceptors (Lipinski definition) is 6. The van der Waals surface area contributed by atoms with Gasteiger partial charge in [-0.05, 0) is 12.8 Å². The molecule has 1 atom stereocenters. The lowest BCUT2D eigenvalue weighted by Gasteiger charge is -2.32. The molecule has 3 rings (SSSR count). The highest BCUT2D eigenvalue weighted by atomic mass is 32.2. The minimum absolute atomic E-state index is 0.0149. The molecule has 0 aromatic heterocycles. The minimum atomic E-state index is -4.54. The van der Waals surface area contributed by atoms with Crippen molar-refractivity contribution in [2.24, 2.45) is 5.92 Å². The maximum absolute atomic E-state index is 13.0. The second kappa shape index (κ2) is 7.15. The monoisotopic (exact) mass is 410 g/mol. The molecule has 1 aromatic carbocycles. The molecule has 2 heterocycles. The number of halogens is 3. The number of alkyl halides is 3. The van der Waals surface area contributed by atoms with Gasteiger partial charge in [-0.25, -0.2) is 8.42 Å². The SMILES string of the molecule is O=[N+]([O-])c1cc2c(cc1S(=O)(=O)N1CCC[C@H](C(F)(F)F)C1)OCCCO2. The second-order valence-corrected chi connectivity index (χ2v) is 8.22. The molecule has 2 aliphatic rings. The fraction of sp³-hybridized carbons (Fsp3) is 0.600. The molecule has 0 amide bonds. The van der Waals surface area contributed by atoms with Gasteiger partial charge in [0.1, 0.15) is 0 Å². The van der Waals surface area contributed by atoms with E-state index in [9.17, 15) is 31.7 Å². The third-order valence-electron chi connectivity index (χ3n) is 4.49. The van der Waals surface area contributed by atoms with Gasteiger partial charge < -0.3 is 9.47 Å². The van der Waals surface area contributed by atoms with Crippen LogP contribution >= 0.6 is 0 Å². The molecule has 27 heavy (non-hydrogen) atoms. The number of nitro groups is 1. The van der Waals surface area contributed by atoms with Crippen LogP contribution in [-0.4, -0.2) is 50.1 Å². The van der Waals surface area contributed by atoms with E-state index in [-0.39, 0.29) is 44.1 Å². The summed E-state index contributed by atoms with van der Waals surface area (Å²) in [7, 11) is -4.52. The number of hydrogen-bond donors (Lipinski definition) is 0. The van der Waals surface area contributed by atoms with E-state index in [0.29, 0.717) is 10.7 Å². The van der Waals surface area contributed by atoms with Gasteiger partial charge in [0, 0.05) is 25.6 Å². The summed E-state index contributed by atoms with van der Waals surface area (Å²) in [5, 5.41) is 11.4. The Balaban J connectivity index is 2.03. The average molecular weight is 410 g/mol. The molecule has 1 saturated heterocycles. The zero-order valence-corrected chi connectivity index (χ0v) is 14.9. The number of nitro benzene ring substituents is 1. The summed E-state index contributed by atoms with van der Waals surface area (Å²) < 4.78 is 76.2. The number of nitrogens with zero attached hydrogens (tertiary/aromatic N) is 2. The summed E-state index contributed by atoms with van der Waals surface area (Å²) >= 11 is 0. The molecule has 150 valence electrons. The molecule has 0 saturated carbocycles. The zero-order chi connectivity index (χ0) is 19.8. The van der Waals surface area contributed by atoms with Crippen molar-refractivity contribution in [2.45, 2.75) is 30.3 Å². The van der Waals surface area contributed by atoms with Crippen LogP contribution in [0.25, 0.3) is 0 Å². The van der Waals surface area contributed by atoms with E-state index >= 15 is 0 Å². The van der Waals surface area contributed by atoms with Gasteiger partial charge in [0.05, 0.1) is 30.1 Å². The zero-order valence-electron chi connectivity index (χ0n) is 14.1. The Morgan fingerprint density at radius 1 is 1.15 bits per heavy atom. The largest absolute Gasteiger partial charge is 0.490 e. The van der Waals surface area contributed by atoms with E-state index in [0.717, 1.165) is 12.1 Å². The first kappa shape index (κ1) is 19.7. The van der Waals surface area contributed by atoms with Crippen molar-refractivity contribution in [3.8, 4) is 11.5 Å². The first-order valence-corrected chi connectivity index (χ1v) is 9.69. The molecule has 0 unspecified atom stereocenters. The molecule has 0 aliphatic carbocycles. The van der Waals surface area contributed by atoms with Gasteiger partial charge in [-0.15, -0.1) is 0 Å². The predicted molar refractivity (Wildman–Crippen MR) is 86.2 cm³/mol. The van der Waals surface area contributed by atoms with E-state index in [2.05, 4.69) is 0 Å². The fourth-order valence-corrected chi connectivity index (χ4v) is 4.77. The summed E-state index contributed by atoms with van der Waals surface area (Å²) in [6, 6.07) is 1.91. The highest BCUT2D eigenvalue weighted by Gasteiger charge is 2.45. The highest BCUT2D eigenvalue weighted by Crippen LogP contribution is 2.41. The second-order valence-electron chi connectivity index (χ2n) is 6.32. The number of piperidine rings is 1. The van der Waals surface area contributed by atoms with Crippen LogP contribution in [0.5, 0.6) is 11.5 Å². The van der Waals surface area contributed by atoms with Crippen LogP contribution in [0.15, 0.2) is 17.0 Å². The fourth-order valence-electron chi connectivity index (χ4n) is 3.10. The molecule has 0 spiro atoms. The lowest BCUT2D eigenvalue weighted by molar-refractivity contribution is -0.388. The van der Waals surface area contributed by atoms with Crippen LogP contribution in [0.1, 0.15) is 19.3 Å². The quantitative estimate of drug-likeness (QED) is 0.561. The Morgan fingerprint density at radius 2 is 1.78 bits per heavy atom. The lowest BCUT2D eigenvalue weighted by atomic mass is 9.99. The molecule has 0 bridgehead atoms. The Hall–Kier alpha value is -2.08. The highest BCUT2D eigenvalue weighted by molar-refractivity contribution is 7.89. The summed E-state index contributed by atoms with van der Waals surface area (Å²) in [5.41, 5.74) is -0.756. The molecule has 8 nitrogen and oxygen atoms in total. The van der Waals surface area contributed by atoms with Gasteiger partial charge >= 0.3 is 6.18 Å². The van der Waals surface area contributed by atoms with E-state index in [1.54, 1.807) is 0 Å². The summed E-state index contributed by atoms with van der Waals surface area (Å²) in [4.78, 5) is 9.80. The Labute approximate surface area is 153 Å². The normalized spacial score (nSPS) is 21.5. The molecule has 0 radical (unpaired) electrons. The number of benzene rings is 1. The molecular weight excluding hydrogens is 393 g/mol. The van der Waals surface area contributed by atoms with Gasteiger partial charge in [0.2, 0.25) is 10.0 Å². The Bertz CT molecular complexity index is 843. The van der Waals surface area contributed by atoms with Gasteiger partial charge in [-0.1, -0.05) is 0 Å². The van der Waals surface area contributed by atoms with Crippen LogP contribution in [-0.2, 0) is 10.0 Å². The minimum Gasteiger partial charge on any atom is -0.490 e. The van der Waals surface area contributed by atoms with Crippen LogP contribution in [0.3, 0.4) is 0 Å². The Kier molecular flexibility index (Phi) is 5.21. The van der Waals surface area contributed by atoms with Crippen LogP contribution in [0.4, 0.5) is 18.9 Å². The lowest BCUT2D eigenvalue weighted by Crippen LogP contribution is -2.44. The third kappa shape index (κ3) is 3.95. The molecule has 0 N–H and O–H groups in total. The summed E-state index contributed by atoms with van der Waals surface area (Å²) in [6.45, 7) is -0.433. The third-order valence-corrected chi connectivity index (χ3v) is 6.38. The van der Waals surface area contributed by atoms with Crippen LogP contribution in [0.2, 0.25) is 0 Å². The number of fused-ring (bicyclic) bond motifs is 1. The van der Waals surface area contributed by atoms with Crippen molar-refractivity contribution < 1.29 is 36.0 Å². The maximum atomic E-state index is 13.0. The molecule has 1 aromatic rings. The predicted octanol–water partition coefficient (Wildman–Crippen LogP) is 2.72. The van der Waals surface area contributed by atoms with Crippen molar-refractivity contribution >= 4 is 15.7 Å². The average Bonchev–Trinajstić information content (AvgIpc) is 2.84. The summed E-state index contributed by atoms with van der Waals surface area (Å²) in [6.07, 6.45) is -4.20. The molecule has 1 fully saturated rings. The number of sulfonamides is 1. The summed E-state index contributed by atoms with van der Waals surface area (Å²) in [5.74, 6) is -1.76. The van der Waals surface area contributed by atoms with Crippen molar-refractivity contribution in [3.05, 3.63) is 22.2 Å². The topological polar surface area (TPSA) is 99.0 Å². The number of rotatable bonds is 3. The van der Waals surface area contributed by atoms with Crippen molar-refractivity contribution in [3.63, 3.8) is 0 Å². The van der Waals surface area contributed by atoms with Gasteiger partial charge in [-0.2, -0.15) is 17.5 Å². The van der Waals surface area contributed by atoms with Gasteiger partial charge in [0.25, 0.3) is 5.69 Å². The Morgan fingerprint density at radius 3 is 2.37 bits per heavy atom. The van der Waals surface area contributed by atoms with E-state index < -0.39 is 44.2 Å². The van der Waals surface area contributed by atoms with Crippen molar-refractivity contribution in [1.82, 2.24) is 4.31 Å². The van der Waals surface area contributed by atoms with Crippen LogP contribution < -0.4 is 9.47 Å². The van der Waals surface area contributed by atoms with Gasteiger partial charge in [0.15, 0.2) is 16.4 Å². The molecule has 2 aliphatic heterocycles. The van der Waals surface area contributed by atoms with Gasteiger partial charge in [-0.3, -0.25) is 10.1 Å². The molecular formula is C15H17F3N2O6S. The first-order chi connectivity index (χ1) is 12.6. The van der Waals surface area contributed by atoms with Crippen LogP contribution in [0, 0.1) is 16.0 Å². The van der Waals surface area contributed by atoms with Crippen molar-refractivity contribution in [1.29, 1.82) is 0 Å².